The van der Waals surface area contributed by atoms with Crippen molar-refractivity contribution in [3.8, 4) is 11.5 Å². The van der Waals surface area contributed by atoms with Crippen LogP contribution in [-0.4, -0.2) is 19.8 Å². The standard InChI is InChI=1S/C14H21Cl2NO2/c1-4-7-17-9-10-8-11(15)14(19-6-3)12(16)13(10)18-5-2/h8,17H,4-7,9H2,1-3H3. The molecule has 19 heavy (non-hydrogen) atoms. The molecule has 0 radical (unpaired) electrons. The Bertz CT molecular complexity index is 411. The van der Waals surface area contributed by atoms with E-state index in [9.17, 15) is 0 Å². The van der Waals surface area contributed by atoms with Gasteiger partial charge in [-0.15, -0.1) is 0 Å². The first-order valence-electron chi connectivity index (χ1n) is 6.62. The van der Waals surface area contributed by atoms with Gasteiger partial charge in [-0.3, -0.25) is 0 Å². The van der Waals surface area contributed by atoms with Crippen molar-refractivity contribution < 1.29 is 9.47 Å². The Kier molecular flexibility index (Phi) is 7.36. The van der Waals surface area contributed by atoms with E-state index in [1.165, 1.54) is 0 Å². The third kappa shape index (κ3) is 4.44. The van der Waals surface area contributed by atoms with E-state index in [0.717, 1.165) is 18.5 Å². The molecule has 1 N–H and O–H groups in total. The van der Waals surface area contributed by atoms with Crippen molar-refractivity contribution in [2.75, 3.05) is 19.8 Å². The molecule has 0 atom stereocenters. The molecule has 0 spiro atoms. The summed E-state index contributed by atoms with van der Waals surface area (Å²) >= 11 is 12.5. The van der Waals surface area contributed by atoms with Crippen LogP contribution in [0.4, 0.5) is 0 Å². The van der Waals surface area contributed by atoms with Crippen molar-refractivity contribution in [3.05, 3.63) is 21.7 Å². The smallest absolute Gasteiger partial charge is 0.160 e. The average Bonchev–Trinajstić information content (AvgIpc) is 2.39. The summed E-state index contributed by atoms with van der Waals surface area (Å²) in [7, 11) is 0. The molecular formula is C14H21Cl2NO2. The topological polar surface area (TPSA) is 30.5 Å². The number of hydrogen-bond donors (Lipinski definition) is 1. The van der Waals surface area contributed by atoms with Crippen molar-refractivity contribution in [2.45, 2.75) is 33.7 Å². The summed E-state index contributed by atoms with van der Waals surface area (Å²) in [5, 5.41) is 4.28. The van der Waals surface area contributed by atoms with E-state index in [1.807, 2.05) is 19.9 Å². The van der Waals surface area contributed by atoms with Gasteiger partial charge in [0.2, 0.25) is 0 Å². The molecule has 3 nitrogen and oxygen atoms in total. The lowest BCUT2D eigenvalue weighted by Crippen LogP contribution is -2.15. The predicted octanol–water partition coefficient (Wildman–Crippen LogP) is 4.29. The monoisotopic (exact) mass is 305 g/mol. The van der Waals surface area contributed by atoms with E-state index in [-0.39, 0.29) is 0 Å². The van der Waals surface area contributed by atoms with Crippen molar-refractivity contribution in [2.24, 2.45) is 0 Å². The molecule has 0 heterocycles. The number of ether oxygens (including phenoxy) is 2. The third-order valence-corrected chi connectivity index (χ3v) is 3.15. The van der Waals surface area contributed by atoms with Crippen LogP contribution in [0, 0.1) is 0 Å². The summed E-state index contributed by atoms with van der Waals surface area (Å²) in [6.07, 6.45) is 1.07. The van der Waals surface area contributed by atoms with Crippen LogP contribution in [0.1, 0.15) is 32.8 Å². The molecule has 0 aliphatic rings. The summed E-state index contributed by atoms with van der Waals surface area (Å²) in [5.74, 6) is 1.15. The van der Waals surface area contributed by atoms with E-state index in [0.29, 0.717) is 41.3 Å². The van der Waals surface area contributed by atoms with Gasteiger partial charge in [-0.05, 0) is 32.9 Å². The number of benzene rings is 1. The van der Waals surface area contributed by atoms with Crippen LogP contribution in [0.3, 0.4) is 0 Å². The van der Waals surface area contributed by atoms with Gasteiger partial charge >= 0.3 is 0 Å². The van der Waals surface area contributed by atoms with Gasteiger partial charge in [0.25, 0.3) is 0 Å². The number of hydrogen-bond acceptors (Lipinski definition) is 3. The van der Waals surface area contributed by atoms with E-state index in [2.05, 4.69) is 12.2 Å². The van der Waals surface area contributed by atoms with Crippen LogP contribution < -0.4 is 14.8 Å². The lowest BCUT2D eigenvalue weighted by Gasteiger charge is -2.17. The van der Waals surface area contributed by atoms with Gasteiger partial charge in [-0.2, -0.15) is 0 Å². The maximum atomic E-state index is 6.33. The molecule has 0 fully saturated rings. The van der Waals surface area contributed by atoms with Crippen LogP contribution in [-0.2, 0) is 6.54 Å². The molecule has 0 aromatic heterocycles. The highest BCUT2D eigenvalue weighted by Crippen LogP contribution is 2.42. The summed E-state index contributed by atoms with van der Waals surface area (Å²) in [6, 6.07) is 1.85. The van der Waals surface area contributed by atoms with Crippen LogP contribution in [0.5, 0.6) is 11.5 Å². The number of nitrogens with one attached hydrogen (secondary N) is 1. The first kappa shape index (κ1) is 16.4. The molecule has 108 valence electrons. The minimum absolute atomic E-state index is 0.449. The normalized spacial score (nSPS) is 10.6. The lowest BCUT2D eigenvalue weighted by molar-refractivity contribution is 0.320. The summed E-state index contributed by atoms with van der Waals surface area (Å²) < 4.78 is 11.1. The fourth-order valence-corrected chi connectivity index (χ4v) is 2.40. The molecule has 1 aromatic rings. The van der Waals surface area contributed by atoms with Crippen LogP contribution in [0.2, 0.25) is 10.0 Å². The third-order valence-electron chi connectivity index (χ3n) is 2.53. The van der Waals surface area contributed by atoms with E-state index in [1.54, 1.807) is 0 Å². The zero-order chi connectivity index (χ0) is 14.3. The minimum atomic E-state index is 0.449. The average molecular weight is 306 g/mol. The first-order valence-corrected chi connectivity index (χ1v) is 7.38. The Morgan fingerprint density at radius 1 is 1.05 bits per heavy atom. The Balaban J connectivity index is 3.07. The summed E-state index contributed by atoms with van der Waals surface area (Å²) in [5.41, 5.74) is 0.953. The van der Waals surface area contributed by atoms with Crippen molar-refractivity contribution in [1.82, 2.24) is 5.32 Å². The highest BCUT2D eigenvalue weighted by atomic mass is 35.5. The van der Waals surface area contributed by atoms with Crippen molar-refractivity contribution in [1.29, 1.82) is 0 Å². The predicted molar refractivity (Wildman–Crippen MR) is 80.8 cm³/mol. The second kappa shape index (κ2) is 8.51. The summed E-state index contributed by atoms with van der Waals surface area (Å²) in [4.78, 5) is 0. The molecule has 0 aliphatic carbocycles. The van der Waals surface area contributed by atoms with Crippen LogP contribution >= 0.6 is 23.2 Å². The molecule has 0 unspecified atom stereocenters. The van der Waals surface area contributed by atoms with Gasteiger partial charge in [0.15, 0.2) is 5.75 Å². The molecule has 1 rings (SSSR count). The Hall–Kier alpha value is -0.640. The molecule has 0 bridgehead atoms. The van der Waals surface area contributed by atoms with Gasteiger partial charge in [-0.1, -0.05) is 30.1 Å². The van der Waals surface area contributed by atoms with E-state index in [4.69, 9.17) is 32.7 Å². The molecule has 1 aromatic carbocycles. The maximum absolute atomic E-state index is 6.33. The zero-order valence-corrected chi connectivity index (χ0v) is 13.2. The minimum Gasteiger partial charge on any atom is -0.492 e. The fraction of sp³-hybridized carbons (Fsp3) is 0.571. The second-order valence-electron chi connectivity index (χ2n) is 4.03. The van der Waals surface area contributed by atoms with E-state index >= 15 is 0 Å². The highest BCUT2D eigenvalue weighted by molar-refractivity contribution is 6.38. The molecule has 0 amide bonds. The lowest BCUT2D eigenvalue weighted by atomic mass is 10.1. The Morgan fingerprint density at radius 3 is 2.26 bits per heavy atom. The van der Waals surface area contributed by atoms with Crippen LogP contribution in [0.25, 0.3) is 0 Å². The maximum Gasteiger partial charge on any atom is 0.160 e. The second-order valence-corrected chi connectivity index (χ2v) is 4.82. The van der Waals surface area contributed by atoms with Gasteiger partial charge in [-0.25, -0.2) is 0 Å². The Labute approximate surface area is 125 Å². The highest BCUT2D eigenvalue weighted by Gasteiger charge is 2.18. The van der Waals surface area contributed by atoms with Crippen molar-refractivity contribution in [3.63, 3.8) is 0 Å². The van der Waals surface area contributed by atoms with Gasteiger partial charge < -0.3 is 14.8 Å². The molecule has 0 saturated heterocycles. The fourth-order valence-electron chi connectivity index (χ4n) is 1.74. The molecular weight excluding hydrogens is 285 g/mol. The van der Waals surface area contributed by atoms with Crippen molar-refractivity contribution >= 4 is 23.2 Å². The first-order chi connectivity index (χ1) is 9.15. The molecule has 5 heteroatoms. The quantitative estimate of drug-likeness (QED) is 0.727. The van der Waals surface area contributed by atoms with Gasteiger partial charge in [0, 0.05) is 12.1 Å². The molecule has 0 saturated carbocycles. The largest absolute Gasteiger partial charge is 0.492 e. The zero-order valence-electron chi connectivity index (χ0n) is 11.7. The number of rotatable bonds is 8. The SMILES string of the molecule is CCCNCc1cc(Cl)c(OCC)c(Cl)c1OCC. The summed E-state index contributed by atoms with van der Waals surface area (Å²) in [6.45, 7) is 8.61. The van der Waals surface area contributed by atoms with Gasteiger partial charge in [0.05, 0.1) is 18.2 Å². The van der Waals surface area contributed by atoms with E-state index < -0.39 is 0 Å². The Morgan fingerprint density at radius 2 is 1.68 bits per heavy atom. The van der Waals surface area contributed by atoms with Gasteiger partial charge in [0.1, 0.15) is 10.8 Å². The van der Waals surface area contributed by atoms with Crippen LogP contribution in [0.15, 0.2) is 6.07 Å². The molecule has 0 aliphatic heterocycles. The number of halogens is 2.